The molecule has 3 N–H and O–H groups in total. The van der Waals surface area contributed by atoms with Crippen LogP contribution in [0.3, 0.4) is 0 Å². The average molecular weight is 526 g/mol. The molecule has 3 aromatic heterocycles. The van der Waals surface area contributed by atoms with Crippen LogP contribution in [-0.2, 0) is 10.0 Å². The summed E-state index contributed by atoms with van der Waals surface area (Å²) in [5, 5.41) is 0.650. The van der Waals surface area contributed by atoms with E-state index in [0.717, 1.165) is 37.0 Å². The number of nitrogens with two attached hydrogens (primary N) is 1. The molecule has 0 atom stereocenters. The van der Waals surface area contributed by atoms with Gasteiger partial charge in [0.1, 0.15) is 32.8 Å². The monoisotopic (exact) mass is 525 g/mol. The highest BCUT2D eigenvalue weighted by atomic mass is 35.5. The molecule has 0 spiro atoms. The predicted molar refractivity (Wildman–Crippen MR) is 130 cm³/mol. The minimum absolute atomic E-state index is 0.000254. The Morgan fingerprint density at radius 3 is 2.61 bits per heavy atom. The molecule has 1 saturated carbocycles. The summed E-state index contributed by atoms with van der Waals surface area (Å²) in [6.07, 6.45) is 7.71. The van der Waals surface area contributed by atoms with Crippen LogP contribution in [0.15, 0.2) is 41.7 Å². The van der Waals surface area contributed by atoms with E-state index >= 15 is 4.39 Å². The summed E-state index contributed by atoms with van der Waals surface area (Å²) in [5.74, 6) is -0.438. The Morgan fingerprint density at radius 1 is 1.18 bits per heavy atom. The molecule has 3 heterocycles. The maximum Gasteiger partial charge on any atom is 0.264 e. The number of halogens is 3. The summed E-state index contributed by atoms with van der Waals surface area (Å²) in [4.78, 5) is 8.34. The van der Waals surface area contributed by atoms with Crippen LogP contribution in [0.25, 0.3) is 22.2 Å². The van der Waals surface area contributed by atoms with E-state index in [9.17, 15) is 8.42 Å². The first kappa shape index (κ1) is 22.4. The van der Waals surface area contributed by atoms with Gasteiger partial charge in [0.2, 0.25) is 0 Å². The molecule has 0 saturated heterocycles. The smallest absolute Gasteiger partial charge is 0.264 e. The van der Waals surface area contributed by atoms with E-state index < -0.39 is 15.8 Å². The average Bonchev–Trinajstić information content (AvgIpc) is 3.48. The molecule has 0 unspecified atom stereocenters. The quantitative estimate of drug-likeness (QED) is 0.327. The summed E-state index contributed by atoms with van der Waals surface area (Å²) < 4.78 is 44.9. The van der Waals surface area contributed by atoms with E-state index in [4.69, 9.17) is 28.9 Å². The molecule has 1 fully saturated rings. The van der Waals surface area contributed by atoms with Crippen LogP contribution in [0, 0.1) is 5.82 Å². The summed E-state index contributed by atoms with van der Waals surface area (Å²) in [6.45, 7) is 0. The molecule has 7 nitrogen and oxygen atoms in total. The number of hydrogen-bond acceptors (Lipinski definition) is 6. The lowest BCUT2D eigenvalue weighted by atomic mass is 10.1. The molecule has 1 aromatic carbocycles. The second-order valence-corrected chi connectivity index (χ2v) is 11.8. The molecule has 5 rings (SSSR count). The fourth-order valence-electron chi connectivity index (χ4n) is 4.26. The van der Waals surface area contributed by atoms with Crippen LogP contribution < -0.4 is 10.5 Å². The highest BCUT2D eigenvalue weighted by Gasteiger charge is 2.25. The summed E-state index contributed by atoms with van der Waals surface area (Å²) in [7, 11) is -4.11. The number of nitrogens with one attached hydrogen (secondary N) is 1. The van der Waals surface area contributed by atoms with Crippen molar-refractivity contribution in [2.24, 2.45) is 0 Å². The molecule has 1 aliphatic carbocycles. The fraction of sp³-hybridized carbons (Fsp3) is 0.238. The fourth-order valence-corrected chi connectivity index (χ4v) is 7.48. The second kappa shape index (κ2) is 8.43. The van der Waals surface area contributed by atoms with Gasteiger partial charge in [0, 0.05) is 17.8 Å². The van der Waals surface area contributed by atoms with Crippen molar-refractivity contribution in [3.05, 3.63) is 51.3 Å². The number of nitrogens with zero attached hydrogens (tertiary/aromatic N) is 3. The van der Waals surface area contributed by atoms with Gasteiger partial charge in [-0.3, -0.25) is 4.72 Å². The molecule has 33 heavy (non-hydrogen) atoms. The van der Waals surface area contributed by atoms with Gasteiger partial charge in [0.05, 0.1) is 15.4 Å². The third-order valence-electron chi connectivity index (χ3n) is 5.80. The number of thiophene rings is 1. The zero-order valence-corrected chi connectivity index (χ0v) is 20.2. The van der Waals surface area contributed by atoms with Gasteiger partial charge in [0.25, 0.3) is 10.0 Å². The number of aromatic nitrogens is 3. The van der Waals surface area contributed by atoms with Gasteiger partial charge in [-0.15, -0.1) is 11.3 Å². The van der Waals surface area contributed by atoms with E-state index in [1.807, 2.05) is 6.20 Å². The third-order valence-corrected chi connectivity index (χ3v) is 8.91. The molecular formula is C21H18Cl2FN5O2S2. The van der Waals surface area contributed by atoms with Crippen molar-refractivity contribution >= 4 is 67.1 Å². The SMILES string of the molecule is Nc1ncnc2c1c(-c1ccc(NS(=O)(=O)c3cc(Cl)sc3Cl)c(F)c1)cn2C1CCCC1. The molecule has 12 heteroatoms. The zero-order chi connectivity index (χ0) is 23.3. The first-order chi connectivity index (χ1) is 15.7. The lowest BCUT2D eigenvalue weighted by Gasteiger charge is -2.12. The Labute approximate surface area is 203 Å². The number of anilines is 2. The van der Waals surface area contributed by atoms with Gasteiger partial charge in [-0.2, -0.15) is 0 Å². The molecule has 4 aromatic rings. The summed E-state index contributed by atoms with van der Waals surface area (Å²) in [6, 6.07) is 5.78. The van der Waals surface area contributed by atoms with Crippen molar-refractivity contribution in [2.75, 3.05) is 10.5 Å². The first-order valence-electron chi connectivity index (χ1n) is 10.1. The van der Waals surface area contributed by atoms with Crippen molar-refractivity contribution in [1.82, 2.24) is 14.5 Å². The van der Waals surface area contributed by atoms with Crippen molar-refractivity contribution in [2.45, 2.75) is 36.6 Å². The van der Waals surface area contributed by atoms with Crippen LogP contribution in [0.4, 0.5) is 15.9 Å². The zero-order valence-electron chi connectivity index (χ0n) is 17.1. The van der Waals surface area contributed by atoms with Gasteiger partial charge >= 0.3 is 0 Å². The van der Waals surface area contributed by atoms with Crippen LogP contribution in [0.1, 0.15) is 31.7 Å². The van der Waals surface area contributed by atoms with E-state index in [-0.39, 0.29) is 19.3 Å². The molecule has 0 aliphatic heterocycles. The molecule has 0 amide bonds. The topological polar surface area (TPSA) is 103 Å². The van der Waals surface area contributed by atoms with Gasteiger partial charge in [0.15, 0.2) is 0 Å². The number of nitrogen functional groups attached to an aromatic ring is 1. The molecule has 172 valence electrons. The number of fused-ring (bicyclic) bond motifs is 1. The first-order valence-corrected chi connectivity index (χ1v) is 13.2. The Bertz CT molecular complexity index is 1480. The molecule has 0 bridgehead atoms. The van der Waals surface area contributed by atoms with Crippen LogP contribution >= 0.6 is 34.5 Å². The third kappa shape index (κ3) is 4.05. The Kier molecular flexibility index (Phi) is 5.72. The normalized spacial score (nSPS) is 14.9. The van der Waals surface area contributed by atoms with Gasteiger partial charge < -0.3 is 10.3 Å². The van der Waals surface area contributed by atoms with Crippen LogP contribution in [-0.4, -0.2) is 23.0 Å². The Morgan fingerprint density at radius 2 is 1.94 bits per heavy atom. The largest absolute Gasteiger partial charge is 0.383 e. The number of benzene rings is 1. The van der Waals surface area contributed by atoms with E-state index in [0.29, 0.717) is 34.0 Å². The second-order valence-electron chi connectivity index (χ2n) is 7.83. The van der Waals surface area contributed by atoms with Crippen molar-refractivity contribution < 1.29 is 12.8 Å². The van der Waals surface area contributed by atoms with Crippen molar-refractivity contribution in [3.63, 3.8) is 0 Å². The van der Waals surface area contributed by atoms with Gasteiger partial charge in [-0.05, 0) is 36.6 Å². The highest BCUT2D eigenvalue weighted by Crippen LogP contribution is 2.40. The predicted octanol–water partition coefficient (Wildman–Crippen LogP) is 6.10. The van der Waals surface area contributed by atoms with Gasteiger partial charge in [-0.1, -0.05) is 42.1 Å². The van der Waals surface area contributed by atoms with Gasteiger partial charge in [-0.25, -0.2) is 22.8 Å². The minimum Gasteiger partial charge on any atom is -0.383 e. The number of hydrogen-bond donors (Lipinski definition) is 2. The van der Waals surface area contributed by atoms with Crippen LogP contribution in [0.2, 0.25) is 8.67 Å². The highest BCUT2D eigenvalue weighted by molar-refractivity contribution is 7.93. The molecular weight excluding hydrogens is 508 g/mol. The van der Waals surface area contributed by atoms with Crippen molar-refractivity contribution in [1.29, 1.82) is 0 Å². The van der Waals surface area contributed by atoms with Crippen LogP contribution in [0.5, 0.6) is 0 Å². The standard InChI is InChI=1S/C21H18Cl2FN5O2S2/c22-17-8-16(19(23)32-17)33(30,31)28-15-6-5-11(7-14(15)24)13-9-29(12-3-1-2-4-12)21-18(13)20(25)26-10-27-21/h5-10,12,28H,1-4H2,(H2,25,26,27). The van der Waals surface area contributed by atoms with E-state index in [1.165, 1.54) is 24.5 Å². The van der Waals surface area contributed by atoms with E-state index in [1.54, 1.807) is 6.07 Å². The van der Waals surface area contributed by atoms with E-state index in [2.05, 4.69) is 19.3 Å². The number of rotatable bonds is 5. The maximum absolute atomic E-state index is 15.0. The Hall–Kier alpha value is -2.40. The minimum atomic E-state index is -4.11. The molecule has 0 radical (unpaired) electrons. The molecule has 1 aliphatic rings. The maximum atomic E-state index is 15.0. The summed E-state index contributed by atoms with van der Waals surface area (Å²) >= 11 is 12.7. The Balaban J connectivity index is 1.54. The lowest BCUT2D eigenvalue weighted by molar-refractivity contribution is 0.532. The lowest BCUT2D eigenvalue weighted by Crippen LogP contribution is -2.13. The van der Waals surface area contributed by atoms with Crippen molar-refractivity contribution in [3.8, 4) is 11.1 Å². The number of sulfonamides is 1. The summed E-state index contributed by atoms with van der Waals surface area (Å²) in [5.41, 5.74) is 7.89.